The number of hydrogen-bond donors (Lipinski definition) is 2. The number of esters is 2. The minimum Gasteiger partial charge on any atom is -0.465 e. The van der Waals surface area contributed by atoms with E-state index in [1.165, 1.54) is 63.5 Å². The van der Waals surface area contributed by atoms with Crippen molar-refractivity contribution in [2.45, 2.75) is 89.9 Å². The third-order valence-electron chi connectivity index (χ3n) is 7.12. The quantitative estimate of drug-likeness (QED) is 0.0449. The summed E-state index contributed by atoms with van der Waals surface area (Å²) in [4.78, 5) is 53.8. The summed E-state index contributed by atoms with van der Waals surface area (Å²) in [5.74, 6) is -1.51. The molecule has 0 radical (unpaired) electrons. The number of rotatable bonds is 21. The monoisotopic (exact) mass is 634 g/mol. The summed E-state index contributed by atoms with van der Waals surface area (Å²) in [6.07, 6.45) is 13.2. The predicted molar refractivity (Wildman–Crippen MR) is 175 cm³/mol. The van der Waals surface area contributed by atoms with E-state index in [0.29, 0.717) is 24.2 Å². The first kappa shape index (κ1) is 37.1. The maximum atomic E-state index is 12.3. The van der Waals surface area contributed by atoms with E-state index in [4.69, 9.17) is 20.5 Å². The topological polar surface area (TPSA) is 208 Å². The van der Waals surface area contributed by atoms with Gasteiger partial charge >= 0.3 is 11.9 Å². The van der Waals surface area contributed by atoms with E-state index in [1.807, 2.05) is 0 Å². The molecule has 2 aromatic carbocycles. The lowest BCUT2D eigenvalue weighted by atomic mass is 10.0. The second-order valence-electron chi connectivity index (χ2n) is 10.7. The highest BCUT2D eigenvalue weighted by atomic mass is 16.5. The Bertz CT molecular complexity index is 1330. The van der Waals surface area contributed by atoms with E-state index in [-0.39, 0.29) is 34.3 Å². The minimum atomic E-state index is -0.587. The van der Waals surface area contributed by atoms with Gasteiger partial charge in [0.15, 0.2) is 0 Å². The molecular weight excluding hydrogens is 592 g/mol. The van der Waals surface area contributed by atoms with Gasteiger partial charge in [0.25, 0.3) is 0 Å². The number of nitrogens with zero attached hydrogens (tertiary/aromatic N) is 6. The molecule has 0 fully saturated rings. The summed E-state index contributed by atoms with van der Waals surface area (Å²) in [5, 5.41) is 12.5. The number of azide groups is 2. The summed E-state index contributed by atoms with van der Waals surface area (Å²) in [7, 11) is 2.50. The number of hydrogen-bond acceptors (Lipinski definition) is 8. The van der Waals surface area contributed by atoms with Gasteiger partial charge in [-0.1, -0.05) is 74.4 Å². The van der Waals surface area contributed by atoms with Crippen LogP contribution in [0.4, 0.5) is 22.7 Å². The third-order valence-corrected chi connectivity index (χ3v) is 7.12. The molecule has 2 N–H and O–H groups in total. The molecule has 0 heterocycles. The van der Waals surface area contributed by atoms with E-state index in [1.54, 1.807) is 0 Å². The second-order valence-corrected chi connectivity index (χ2v) is 10.7. The molecule has 46 heavy (non-hydrogen) atoms. The Balaban J connectivity index is 1.50. The average Bonchev–Trinajstić information content (AvgIpc) is 3.04. The maximum absolute atomic E-state index is 12.3. The molecule has 0 aliphatic heterocycles. The summed E-state index contributed by atoms with van der Waals surface area (Å²) < 4.78 is 9.41. The van der Waals surface area contributed by atoms with Gasteiger partial charge in [-0.05, 0) is 60.3 Å². The second kappa shape index (κ2) is 21.6. The van der Waals surface area contributed by atoms with Gasteiger partial charge in [-0.15, -0.1) is 0 Å². The first-order valence-electron chi connectivity index (χ1n) is 15.5. The summed E-state index contributed by atoms with van der Waals surface area (Å²) in [6, 6.07) is 8.79. The molecule has 0 atom stereocenters. The smallest absolute Gasteiger partial charge is 0.337 e. The number of nitrogens with one attached hydrogen (secondary N) is 2. The normalized spacial score (nSPS) is 10.2. The number of carbonyl (C=O) groups excluding carboxylic acids is 4. The number of anilines is 2. The van der Waals surface area contributed by atoms with Crippen LogP contribution in [0.3, 0.4) is 0 Å². The van der Waals surface area contributed by atoms with Gasteiger partial charge < -0.3 is 20.1 Å². The van der Waals surface area contributed by atoms with Crippen molar-refractivity contribution in [3.63, 3.8) is 0 Å². The summed E-state index contributed by atoms with van der Waals surface area (Å²) in [5.41, 5.74) is 18.9. The van der Waals surface area contributed by atoms with Gasteiger partial charge in [-0.25, -0.2) is 9.59 Å². The Morgan fingerprint density at radius 2 is 0.891 bits per heavy atom. The lowest BCUT2D eigenvalue weighted by Gasteiger charge is -2.09. The van der Waals surface area contributed by atoms with Gasteiger partial charge in [0.1, 0.15) is 0 Å². The number of amides is 2. The molecule has 0 bridgehead atoms. The van der Waals surface area contributed by atoms with Crippen LogP contribution in [-0.2, 0) is 19.1 Å². The molecule has 14 nitrogen and oxygen atoms in total. The zero-order valence-corrected chi connectivity index (χ0v) is 26.5. The largest absolute Gasteiger partial charge is 0.465 e. The van der Waals surface area contributed by atoms with Crippen molar-refractivity contribution < 1.29 is 28.7 Å². The fourth-order valence-corrected chi connectivity index (χ4v) is 4.84. The summed E-state index contributed by atoms with van der Waals surface area (Å²) >= 11 is 0. The molecular formula is C32H42N8O6. The zero-order chi connectivity index (χ0) is 33.6. The SMILES string of the molecule is COC(=O)c1cc(N=[N+]=[N-])cc(NC(=O)CCCCCCCCCCCCCCC(=O)Nc2cc(N=[N+]=[N-])cc(C(=O)OC)c2)c1. The van der Waals surface area contributed by atoms with Crippen LogP contribution in [0, 0.1) is 0 Å². The molecule has 0 saturated carbocycles. The van der Waals surface area contributed by atoms with E-state index >= 15 is 0 Å². The van der Waals surface area contributed by atoms with Crippen molar-refractivity contribution in [1.29, 1.82) is 0 Å². The van der Waals surface area contributed by atoms with Crippen LogP contribution < -0.4 is 10.6 Å². The molecule has 0 unspecified atom stereocenters. The van der Waals surface area contributed by atoms with Crippen LogP contribution in [0.1, 0.15) is 111 Å². The highest BCUT2D eigenvalue weighted by Crippen LogP contribution is 2.24. The third kappa shape index (κ3) is 14.6. The number of benzene rings is 2. The van der Waals surface area contributed by atoms with Crippen molar-refractivity contribution in [2.75, 3.05) is 24.9 Å². The highest BCUT2D eigenvalue weighted by molar-refractivity contribution is 5.96. The molecule has 0 aliphatic rings. The zero-order valence-electron chi connectivity index (χ0n) is 26.5. The van der Waals surface area contributed by atoms with Gasteiger partial charge in [0.05, 0.1) is 25.3 Å². The van der Waals surface area contributed by atoms with Crippen molar-refractivity contribution in [1.82, 2.24) is 0 Å². The van der Waals surface area contributed by atoms with Crippen molar-refractivity contribution in [3.8, 4) is 0 Å². The number of carbonyl (C=O) groups is 4. The first-order valence-corrected chi connectivity index (χ1v) is 15.5. The Morgan fingerprint density at radius 3 is 1.20 bits per heavy atom. The molecule has 2 amide bonds. The van der Waals surface area contributed by atoms with Crippen molar-refractivity contribution >= 4 is 46.5 Å². The number of unbranched alkanes of at least 4 members (excludes halogenated alkanes) is 11. The lowest BCUT2D eigenvalue weighted by Crippen LogP contribution is -2.12. The summed E-state index contributed by atoms with van der Waals surface area (Å²) in [6.45, 7) is 0. The lowest BCUT2D eigenvalue weighted by molar-refractivity contribution is -0.117. The van der Waals surface area contributed by atoms with Crippen molar-refractivity contribution in [3.05, 3.63) is 68.4 Å². The van der Waals surface area contributed by atoms with E-state index < -0.39 is 11.9 Å². The fraction of sp³-hybridized carbons (Fsp3) is 0.500. The molecule has 0 spiro atoms. The standard InChI is InChI=1S/C32H42N8O6/c1-45-31(43)23-17-25(21-27(19-23)37-39-33)35-29(41)15-13-11-9-7-5-3-4-6-8-10-12-14-16-30(42)36-26-18-24(32(44)46-2)20-28(22-26)38-40-34/h17-22H,3-16H2,1-2H3,(H,35,41)(H,36,42). The van der Waals surface area contributed by atoms with Crippen LogP contribution in [0.2, 0.25) is 0 Å². The predicted octanol–water partition coefficient (Wildman–Crippen LogP) is 9.18. The van der Waals surface area contributed by atoms with Gasteiger partial charge in [-0.2, -0.15) is 0 Å². The van der Waals surface area contributed by atoms with Gasteiger partial charge in [0, 0.05) is 45.4 Å². The highest BCUT2D eigenvalue weighted by Gasteiger charge is 2.12. The van der Waals surface area contributed by atoms with Crippen LogP contribution >= 0.6 is 0 Å². The van der Waals surface area contributed by atoms with E-state index in [9.17, 15) is 19.2 Å². The molecule has 2 aromatic rings. The molecule has 0 aromatic heterocycles. The molecule has 246 valence electrons. The Hall–Kier alpha value is -5.06. The number of ether oxygens (including phenoxy) is 2. The van der Waals surface area contributed by atoms with Crippen LogP contribution in [0.5, 0.6) is 0 Å². The van der Waals surface area contributed by atoms with E-state index in [0.717, 1.165) is 64.2 Å². The molecule has 0 aliphatic carbocycles. The maximum Gasteiger partial charge on any atom is 0.337 e. The van der Waals surface area contributed by atoms with Gasteiger partial charge in [-0.3, -0.25) is 9.59 Å². The first-order chi connectivity index (χ1) is 22.3. The van der Waals surface area contributed by atoms with Crippen LogP contribution in [-0.4, -0.2) is 38.0 Å². The Kier molecular flexibility index (Phi) is 17.4. The average molecular weight is 635 g/mol. The fourth-order valence-electron chi connectivity index (χ4n) is 4.84. The van der Waals surface area contributed by atoms with Gasteiger partial charge in [0.2, 0.25) is 11.8 Å². The minimum absolute atomic E-state index is 0.166. The van der Waals surface area contributed by atoms with Crippen molar-refractivity contribution in [2.24, 2.45) is 10.2 Å². The Morgan fingerprint density at radius 1 is 0.565 bits per heavy atom. The van der Waals surface area contributed by atoms with Crippen LogP contribution in [0.25, 0.3) is 20.9 Å². The molecule has 2 rings (SSSR count). The molecule has 14 heteroatoms. The number of methoxy groups -OCH3 is 2. The Labute approximate surface area is 268 Å². The van der Waals surface area contributed by atoms with E-state index in [2.05, 4.69) is 30.7 Å². The molecule has 0 saturated heterocycles. The van der Waals surface area contributed by atoms with Crippen LogP contribution in [0.15, 0.2) is 46.6 Å².